The third-order valence-corrected chi connectivity index (χ3v) is 4.38. The van der Waals surface area contributed by atoms with E-state index in [2.05, 4.69) is 6.58 Å². The lowest BCUT2D eigenvalue weighted by molar-refractivity contribution is -0.0563. The Morgan fingerprint density at radius 3 is 2.60 bits per heavy atom. The van der Waals surface area contributed by atoms with Crippen LogP contribution in [0.4, 0.5) is 0 Å². The van der Waals surface area contributed by atoms with Crippen LogP contribution in [0.25, 0.3) is 0 Å². The predicted molar refractivity (Wildman–Crippen MR) is 59.8 cm³/mol. The van der Waals surface area contributed by atoms with Gasteiger partial charge in [-0.2, -0.15) is 0 Å². The Hall–Kier alpha value is -0.390. The van der Waals surface area contributed by atoms with E-state index < -0.39 is 15.3 Å². The Morgan fingerprint density at radius 1 is 1.67 bits per heavy atom. The highest BCUT2D eigenvalue weighted by Gasteiger charge is 2.32. The molecule has 15 heavy (non-hydrogen) atoms. The number of primary sulfonamides is 1. The summed E-state index contributed by atoms with van der Waals surface area (Å²) in [5.74, 6) is 0.00157. The number of sulfonamides is 1. The van der Waals surface area contributed by atoms with E-state index >= 15 is 0 Å². The van der Waals surface area contributed by atoms with Crippen molar-refractivity contribution in [2.45, 2.75) is 37.5 Å². The molecule has 0 saturated carbocycles. The number of allylic oxidation sites excluding steroid dienone is 1. The molecule has 4 nitrogen and oxygen atoms in total. The normalized spacial score (nSPS) is 25.3. The quantitative estimate of drug-likeness (QED) is 0.697. The molecule has 0 aromatic heterocycles. The third-order valence-electron chi connectivity index (χ3n) is 2.88. The van der Waals surface area contributed by atoms with Crippen LogP contribution in [0.5, 0.6) is 0 Å². The van der Waals surface area contributed by atoms with Crippen molar-refractivity contribution in [1.29, 1.82) is 0 Å². The minimum absolute atomic E-state index is 0.00157. The Kier molecular flexibility index (Phi) is 4.31. The lowest BCUT2D eigenvalue weighted by atomic mass is 9.96. The van der Waals surface area contributed by atoms with Crippen molar-refractivity contribution in [3.05, 3.63) is 12.7 Å². The summed E-state index contributed by atoms with van der Waals surface area (Å²) >= 11 is 0. The SMILES string of the molecule is C=CC[C@H](C)[C@@H](C[C@@H]1CCO1)S(N)(=O)=O. The summed E-state index contributed by atoms with van der Waals surface area (Å²) in [4.78, 5) is 0. The van der Waals surface area contributed by atoms with Gasteiger partial charge in [0.05, 0.1) is 11.4 Å². The zero-order chi connectivity index (χ0) is 11.5. The van der Waals surface area contributed by atoms with Crippen LogP contribution in [-0.4, -0.2) is 26.4 Å². The molecule has 3 atom stereocenters. The fraction of sp³-hybridized carbons (Fsp3) is 0.800. The first-order valence-corrected chi connectivity index (χ1v) is 6.80. The fourth-order valence-corrected chi connectivity index (χ4v) is 3.08. The van der Waals surface area contributed by atoms with Crippen LogP contribution in [-0.2, 0) is 14.8 Å². The van der Waals surface area contributed by atoms with Gasteiger partial charge in [-0.25, -0.2) is 13.6 Å². The topological polar surface area (TPSA) is 69.4 Å². The van der Waals surface area contributed by atoms with Gasteiger partial charge in [0.15, 0.2) is 0 Å². The standard InChI is InChI=1S/C10H19NO3S/c1-3-4-8(2)10(15(11,12)13)7-9-5-6-14-9/h3,8-10H,1,4-7H2,2H3,(H2,11,12,13)/t8-,9-,10+/m0/s1. The molecule has 1 fully saturated rings. The Morgan fingerprint density at radius 2 is 2.27 bits per heavy atom. The molecule has 88 valence electrons. The monoisotopic (exact) mass is 233 g/mol. The molecule has 5 heteroatoms. The summed E-state index contributed by atoms with van der Waals surface area (Å²) in [6.07, 6.45) is 3.90. The molecule has 0 aromatic carbocycles. The van der Waals surface area contributed by atoms with Gasteiger partial charge in [0.2, 0.25) is 10.0 Å². The molecule has 1 heterocycles. The maximum Gasteiger partial charge on any atom is 0.212 e. The van der Waals surface area contributed by atoms with Crippen LogP contribution in [0.3, 0.4) is 0 Å². The molecule has 0 amide bonds. The average Bonchev–Trinajstić information content (AvgIpc) is 1.99. The maximum absolute atomic E-state index is 11.4. The second-order valence-electron chi connectivity index (χ2n) is 4.15. The van der Waals surface area contributed by atoms with Gasteiger partial charge in [-0.3, -0.25) is 0 Å². The van der Waals surface area contributed by atoms with Crippen molar-refractivity contribution in [3.63, 3.8) is 0 Å². The molecule has 1 rings (SSSR count). The first kappa shape index (κ1) is 12.7. The molecule has 1 saturated heterocycles. The molecular weight excluding hydrogens is 214 g/mol. The molecule has 1 aliphatic heterocycles. The second kappa shape index (κ2) is 5.09. The summed E-state index contributed by atoms with van der Waals surface area (Å²) < 4.78 is 28.1. The molecule has 0 radical (unpaired) electrons. The zero-order valence-corrected chi connectivity index (χ0v) is 9.87. The van der Waals surface area contributed by atoms with Crippen molar-refractivity contribution in [2.24, 2.45) is 11.1 Å². The first-order chi connectivity index (χ1) is 6.95. The lowest BCUT2D eigenvalue weighted by Gasteiger charge is -2.31. The Balaban J connectivity index is 2.63. The van der Waals surface area contributed by atoms with Crippen molar-refractivity contribution in [3.8, 4) is 0 Å². The van der Waals surface area contributed by atoms with E-state index in [0.717, 1.165) is 13.0 Å². The average molecular weight is 233 g/mol. The Labute approximate surface area is 91.5 Å². The van der Waals surface area contributed by atoms with Crippen LogP contribution in [0.2, 0.25) is 0 Å². The highest BCUT2D eigenvalue weighted by atomic mass is 32.2. The van der Waals surface area contributed by atoms with Crippen LogP contribution in [0.1, 0.15) is 26.2 Å². The van der Waals surface area contributed by atoms with E-state index in [0.29, 0.717) is 12.8 Å². The van der Waals surface area contributed by atoms with Gasteiger partial charge in [0, 0.05) is 6.61 Å². The molecule has 0 unspecified atom stereocenters. The van der Waals surface area contributed by atoms with E-state index in [-0.39, 0.29) is 12.0 Å². The van der Waals surface area contributed by atoms with Gasteiger partial charge in [-0.1, -0.05) is 13.0 Å². The first-order valence-electron chi connectivity index (χ1n) is 5.19. The van der Waals surface area contributed by atoms with Gasteiger partial charge in [-0.15, -0.1) is 6.58 Å². The summed E-state index contributed by atoms with van der Waals surface area (Å²) in [6.45, 7) is 6.23. The second-order valence-corrected chi connectivity index (χ2v) is 5.93. The van der Waals surface area contributed by atoms with Gasteiger partial charge in [0.1, 0.15) is 0 Å². The maximum atomic E-state index is 11.4. The van der Waals surface area contributed by atoms with Crippen LogP contribution >= 0.6 is 0 Å². The van der Waals surface area contributed by atoms with Gasteiger partial charge >= 0.3 is 0 Å². The number of ether oxygens (including phenoxy) is 1. The molecule has 2 N–H and O–H groups in total. The molecule has 0 spiro atoms. The molecule has 0 aliphatic carbocycles. The van der Waals surface area contributed by atoms with Crippen molar-refractivity contribution >= 4 is 10.0 Å². The molecular formula is C10H19NO3S. The summed E-state index contributed by atoms with van der Waals surface area (Å²) in [7, 11) is -3.49. The Bertz CT molecular complexity index is 309. The van der Waals surface area contributed by atoms with Crippen LogP contribution in [0, 0.1) is 5.92 Å². The number of hydrogen-bond donors (Lipinski definition) is 1. The number of hydrogen-bond acceptors (Lipinski definition) is 3. The van der Waals surface area contributed by atoms with E-state index in [1.807, 2.05) is 6.92 Å². The van der Waals surface area contributed by atoms with Gasteiger partial charge in [-0.05, 0) is 25.2 Å². The van der Waals surface area contributed by atoms with Crippen molar-refractivity contribution < 1.29 is 13.2 Å². The molecule has 0 aromatic rings. The zero-order valence-electron chi connectivity index (χ0n) is 9.06. The van der Waals surface area contributed by atoms with E-state index in [1.165, 1.54) is 0 Å². The van der Waals surface area contributed by atoms with Crippen LogP contribution < -0.4 is 5.14 Å². The minimum atomic E-state index is -3.49. The third kappa shape index (κ3) is 3.59. The highest BCUT2D eigenvalue weighted by Crippen LogP contribution is 2.25. The van der Waals surface area contributed by atoms with E-state index in [9.17, 15) is 8.42 Å². The molecule has 1 aliphatic rings. The van der Waals surface area contributed by atoms with Gasteiger partial charge < -0.3 is 4.74 Å². The van der Waals surface area contributed by atoms with Crippen LogP contribution in [0.15, 0.2) is 12.7 Å². The highest BCUT2D eigenvalue weighted by molar-refractivity contribution is 7.89. The minimum Gasteiger partial charge on any atom is -0.378 e. The van der Waals surface area contributed by atoms with Crippen molar-refractivity contribution in [2.75, 3.05) is 6.61 Å². The number of rotatable bonds is 6. The summed E-state index contributed by atoms with van der Waals surface area (Å²) in [5, 5.41) is 4.71. The smallest absolute Gasteiger partial charge is 0.212 e. The van der Waals surface area contributed by atoms with E-state index in [4.69, 9.17) is 9.88 Å². The van der Waals surface area contributed by atoms with Gasteiger partial charge in [0.25, 0.3) is 0 Å². The van der Waals surface area contributed by atoms with E-state index in [1.54, 1.807) is 6.08 Å². The summed E-state index contributed by atoms with van der Waals surface area (Å²) in [6, 6.07) is 0. The fourth-order valence-electron chi connectivity index (χ4n) is 1.83. The lowest BCUT2D eigenvalue weighted by Crippen LogP contribution is -2.40. The molecule has 0 bridgehead atoms. The largest absolute Gasteiger partial charge is 0.378 e. The number of nitrogens with two attached hydrogens (primary N) is 1. The predicted octanol–water partition coefficient (Wildman–Crippen LogP) is 1.03. The summed E-state index contributed by atoms with van der Waals surface area (Å²) in [5.41, 5.74) is 0. The van der Waals surface area contributed by atoms with Crippen molar-refractivity contribution in [1.82, 2.24) is 0 Å².